The molecule has 1 aromatic rings. The van der Waals surface area contributed by atoms with Crippen molar-refractivity contribution in [2.24, 2.45) is 4.99 Å². The van der Waals surface area contributed by atoms with Gasteiger partial charge in [-0.05, 0) is 38.7 Å². The number of nitrogens with zero attached hydrogens (tertiary/aromatic N) is 3. The monoisotopic (exact) mass is 421 g/mol. The molecule has 3 rings (SSSR count). The van der Waals surface area contributed by atoms with Crippen LogP contribution in [0.4, 0.5) is 0 Å². The van der Waals surface area contributed by atoms with Gasteiger partial charge < -0.3 is 10.6 Å². The lowest BCUT2D eigenvalue weighted by Gasteiger charge is -2.38. The molecule has 2 N–H and O–H groups in total. The molecule has 2 aliphatic rings. The molecule has 2 saturated heterocycles. The molecule has 7 nitrogen and oxygen atoms in total. The number of nitrogens with one attached hydrogen (secondary N) is 2. The second-order valence-electron chi connectivity index (χ2n) is 8.00. The zero-order valence-electron chi connectivity index (χ0n) is 17.7. The molecule has 2 fully saturated rings. The van der Waals surface area contributed by atoms with Crippen LogP contribution in [0.15, 0.2) is 35.3 Å². The Kier molecular flexibility index (Phi) is 7.91. The largest absolute Gasteiger partial charge is 0.357 e. The molecule has 162 valence electrons. The van der Waals surface area contributed by atoms with Crippen molar-refractivity contribution >= 4 is 16.0 Å². The third-order valence-electron chi connectivity index (χ3n) is 5.75. The summed E-state index contributed by atoms with van der Waals surface area (Å²) >= 11 is 0. The average Bonchev–Trinajstić information content (AvgIpc) is 3.03. The molecule has 2 atom stereocenters. The second-order valence-corrected chi connectivity index (χ2v) is 10.1. The molecule has 0 aromatic heterocycles. The fraction of sp³-hybridized carbons (Fsp3) is 0.667. The molecule has 1 aromatic carbocycles. The molecule has 2 heterocycles. The Morgan fingerprint density at radius 3 is 2.69 bits per heavy atom. The summed E-state index contributed by atoms with van der Waals surface area (Å²) in [5.41, 5.74) is 1.36. The van der Waals surface area contributed by atoms with Crippen LogP contribution in [0.1, 0.15) is 38.7 Å². The Hall–Kier alpha value is -1.64. The van der Waals surface area contributed by atoms with Gasteiger partial charge >= 0.3 is 0 Å². The summed E-state index contributed by atoms with van der Waals surface area (Å²) in [6, 6.07) is 11.5. The number of hydrogen-bond acceptors (Lipinski definition) is 4. The van der Waals surface area contributed by atoms with Crippen molar-refractivity contribution in [3.63, 3.8) is 0 Å². The number of benzene rings is 1. The number of rotatable bonds is 7. The fourth-order valence-corrected chi connectivity index (χ4v) is 5.65. The maximum Gasteiger partial charge on any atom is 0.214 e. The van der Waals surface area contributed by atoms with Gasteiger partial charge in [-0.2, -0.15) is 0 Å². The molecule has 0 bridgehead atoms. The third-order valence-corrected chi connectivity index (χ3v) is 7.71. The quantitative estimate of drug-likeness (QED) is 0.517. The van der Waals surface area contributed by atoms with Gasteiger partial charge in [0.15, 0.2) is 5.96 Å². The van der Waals surface area contributed by atoms with Gasteiger partial charge in [-0.15, -0.1) is 0 Å². The van der Waals surface area contributed by atoms with Gasteiger partial charge in [-0.1, -0.05) is 30.3 Å². The van der Waals surface area contributed by atoms with E-state index in [1.807, 2.05) is 6.92 Å². The molecule has 8 heteroatoms. The van der Waals surface area contributed by atoms with Crippen LogP contribution in [-0.4, -0.2) is 74.1 Å². The van der Waals surface area contributed by atoms with E-state index in [1.165, 1.54) is 5.56 Å². The summed E-state index contributed by atoms with van der Waals surface area (Å²) < 4.78 is 25.4. The Morgan fingerprint density at radius 1 is 1.24 bits per heavy atom. The van der Waals surface area contributed by atoms with Crippen molar-refractivity contribution in [1.82, 2.24) is 19.8 Å². The van der Waals surface area contributed by atoms with Gasteiger partial charge in [-0.25, -0.2) is 12.7 Å². The number of sulfonamides is 1. The van der Waals surface area contributed by atoms with Gasteiger partial charge in [0.25, 0.3) is 0 Å². The van der Waals surface area contributed by atoms with Gasteiger partial charge in [0.2, 0.25) is 10.0 Å². The average molecular weight is 422 g/mol. The number of piperidine rings is 1. The zero-order chi connectivity index (χ0) is 20.7. The molecule has 0 radical (unpaired) electrons. The van der Waals surface area contributed by atoms with Crippen LogP contribution in [0.3, 0.4) is 0 Å². The van der Waals surface area contributed by atoms with E-state index in [9.17, 15) is 8.42 Å². The molecule has 0 saturated carbocycles. The van der Waals surface area contributed by atoms with Crippen molar-refractivity contribution in [2.75, 3.05) is 38.5 Å². The summed E-state index contributed by atoms with van der Waals surface area (Å²) in [6.07, 6.45) is 2.86. The summed E-state index contributed by atoms with van der Waals surface area (Å²) in [6.45, 7) is 8.75. The van der Waals surface area contributed by atoms with Crippen LogP contribution in [-0.2, 0) is 16.6 Å². The zero-order valence-corrected chi connectivity index (χ0v) is 18.5. The first-order valence-electron chi connectivity index (χ1n) is 10.8. The van der Waals surface area contributed by atoms with E-state index in [0.717, 1.165) is 44.9 Å². The lowest BCUT2D eigenvalue weighted by molar-refractivity contribution is 0.134. The normalized spacial score (nSPS) is 25.8. The topological polar surface area (TPSA) is 77.0 Å². The molecular formula is C21H35N5O2S. The van der Waals surface area contributed by atoms with Crippen molar-refractivity contribution in [3.8, 4) is 0 Å². The highest BCUT2D eigenvalue weighted by atomic mass is 32.2. The number of guanidine groups is 1. The van der Waals surface area contributed by atoms with E-state index in [4.69, 9.17) is 0 Å². The highest BCUT2D eigenvalue weighted by molar-refractivity contribution is 7.89. The molecular weight excluding hydrogens is 386 g/mol. The van der Waals surface area contributed by atoms with E-state index in [2.05, 4.69) is 57.8 Å². The summed E-state index contributed by atoms with van der Waals surface area (Å²) in [5, 5.41) is 6.86. The minimum Gasteiger partial charge on any atom is -0.357 e. The first-order chi connectivity index (χ1) is 14.0. The lowest BCUT2D eigenvalue weighted by atomic mass is 9.97. The fourth-order valence-electron chi connectivity index (χ4n) is 4.13. The van der Waals surface area contributed by atoms with E-state index >= 15 is 0 Å². The second kappa shape index (κ2) is 10.4. The van der Waals surface area contributed by atoms with E-state index < -0.39 is 10.0 Å². The smallest absolute Gasteiger partial charge is 0.214 e. The molecule has 29 heavy (non-hydrogen) atoms. The highest BCUT2D eigenvalue weighted by Crippen LogP contribution is 2.20. The number of hydrogen-bond donors (Lipinski definition) is 2. The minimum atomic E-state index is -3.05. The predicted octanol–water partition coefficient (Wildman–Crippen LogP) is 1.63. The maximum absolute atomic E-state index is 11.9. The number of likely N-dealkylation sites (tertiary alicyclic amines) is 1. The Balaban J connectivity index is 1.49. The summed E-state index contributed by atoms with van der Waals surface area (Å²) in [7, 11) is -3.05. The predicted molar refractivity (Wildman–Crippen MR) is 118 cm³/mol. The van der Waals surface area contributed by atoms with Crippen LogP contribution in [0.5, 0.6) is 0 Å². The summed E-state index contributed by atoms with van der Waals surface area (Å²) in [5.74, 6) is 1.06. The van der Waals surface area contributed by atoms with E-state index in [1.54, 1.807) is 4.31 Å². The van der Waals surface area contributed by atoms with Crippen LogP contribution < -0.4 is 10.6 Å². The lowest BCUT2D eigenvalue weighted by Crippen LogP contribution is -2.51. The molecule has 0 aliphatic carbocycles. The molecule has 0 amide bonds. The third kappa shape index (κ3) is 6.42. The first kappa shape index (κ1) is 22.1. The SMILES string of the molecule is CCNC(=NCCN1CCCS1(=O)=O)NC1CCN(Cc2ccccc2)C(C)C1. The van der Waals surface area contributed by atoms with Crippen LogP contribution >= 0.6 is 0 Å². The standard InChI is InChI=1S/C21H35N5O2S/c1-3-22-21(23-11-14-26-12-7-15-29(26,27)28)24-20-10-13-25(18(2)16-20)17-19-8-5-4-6-9-19/h4-6,8-9,18,20H,3,7,10-17H2,1-2H3,(H2,22,23,24). The van der Waals surface area contributed by atoms with Gasteiger partial charge in [-0.3, -0.25) is 9.89 Å². The van der Waals surface area contributed by atoms with Crippen molar-refractivity contribution in [3.05, 3.63) is 35.9 Å². The number of aliphatic imine (C=N–C) groups is 1. The van der Waals surface area contributed by atoms with Gasteiger partial charge in [0.05, 0.1) is 12.3 Å². The van der Waals surface area contributed by atoms with Crippen LogP contribution in [0.25, 0.3) is 0 Å². The molecule has 2 unspecified atom stereocenters. The van der Waals surface area contributed by atoms with Crippen LogP contribution in [0, 0.1) is 0 Å². The van der Waals surface area contributed by atoms with Gasteiger partial charge in [0.1, 0.15) is 0 Å². The van der Waals surface area contributed by atoms with Crippen LogP contribution in [0.2, 0.25) is 0 Å². The first-order valence-corrected chi connectivity index (χ1v) is 12.4. The van der Waals surface area contributed by atoms with Gasteiger partial charge in [0, 0.05) is 44.8 Å². The minimum absolute atomic E-state index is 0.272. The van der Waals surface area contributed by atoms with Crippen molar-refractivity contribution in [2.45, 2.75) is 51.7 Å². The van der Waals surface area contributed by atoms with E-state index in [0.29, 0.717) is 31.7 Å². The summed E-state index contributed by atoms with van der Waals surface area (Å²) in [4.78, 5) is 7.16. The van der Waals surface area contributed by atoms with E-state index in [-0.39, 0.29) is 5.75 Å². The van der Waals surface area contributed by atoms with Crippen molar-refractivity contribution < 1.29 is 8.42 Å². The Morgan fingerprint density at radius 2 is 2.03 bits per heavy atom. The molecule has 2 aliphatic heterocycles. The Bertz CT molecular complexity index is 769. The molecule has 0 spiro atoms. The van der Waals surface area contributed by atoms with Crippen molar-refractivity contribution in [1.29, 1.82) is 0 Å². The Labute approximate surface area is 175 Å². The highest BCUT2D eigenvalue weighted by Gasteiger charge is 2.28. The maximum atomic E-state index is 11.9.